The number of aromatic nitrogens is 2. The average molecular weight is 353 g/mol. The summed E-state index contributed by atoms with van der Waals surface area (Å²) in [5, 5.41) is 10.4. The first-order valence-corrected chi connectivity index (χ1v) is 8.03. The number of hydrogen-bond acceptors (Lipinski definition) is 4. The number of hydrogen-bond donors (Lipinski definition) is 2. The minimum absolute atomic E-state index is 0. The molecular formula is C17H25ClN4O2. The normalized spacial score (nSPS) is 10.1. The van der Waals surface area contributed by atoms with Crippen LogP contribution in [-0.4, -0.2) is 41.9 Å². The molecular weight excluding hydrogens is 328 g/mol. The number of carbonyl (C=O) groups excluding carboxylic acids is 1. The van der Waals surface area contributed by atoms with E-state index in [-0.39, 0.29) is 18.3 Å². The summed E-state index contributed by atoms with van der Waals surface area (Å²) in [7, 11) is 0. The van der Waals surface area contributed by atoms with Crippen LogP contribution >= 0.6 is 12.4 Å². The Morgan fingerprint density at radius 2 is 1.96 bits per heavy atom. The number of nitrogens with zero attached hydrogens (tertiary/aromatic N) is 2. The van der Waals surface area contributed by atoms with Gasteiger partial charge in [0.2, 0.25) is 0 Å². The highest BCUT2D eigenvalue weighted by Crippen LogP contribution is 2.20. The van der Waals surface area contributed by atoms with Crippen LogP contribution in [0.5, 0.6) is 5.75 Å². The van der Waals surface area contributed by atoms with E-state index >= 15 is 0 Å². The predicted octanol–water partition coefficient (Wildman–Crippen LogP) is 2.42. The number of halogens is 1. The number of carbonyl (C=O) groups is 1. The fraction of sp³-hybridized carbons (Fsp3) is 0.412. The van der Waals surface area contributed by atoms with Crippen molar-refractivity contribution in [1.82, 2.24) is 20.4 Å². The van der Waals surface area contributed by atoms with Crippen molar-refractivity contribution in [1.29, 1.82) is 0 Å². The van der Waals surface area contributed by atoms with Gasteiger partial charge >= 0.3 is 0 Å². The van der Waals surface area contributed by atoms with Crippen molar-refractivity contribution in [2.45, 2.75) is 20.3 Å². The van der Waals surface area contributed by atoms with E-state index in [9.17, 15) is 4.79 Å². The van der Waals surface area contributed by atoms with Gasteiger partial charge in [0.05, 0.1) is 18.5 Å². The Morgan fingerprint density at radius 3 is 2.62 bits per heavy atom. The van der Waals surface area contributed by atoms with E-state index in [1.165, 1.54) is 0 Å². The standard InChI is InChI=1S/C17H24N4O2.ClH/c1-3-12-23-15-13-21(14-8-6-5-7-9-14)20-16(15)17(22)19-11-10-18-4-2;/h5-9,13,18H,3-4,10-12H2,1-2H3,(H,19,22);1H. The van der Waals surface area contributed by atoms with Crippen molar-refractivity contribution >= 4 is 18.3 Å². The maximum atomic E-state index is 12.3. The van der Waals surface area contributed by atoms with E-state index in [0.29, 0.717) is 24.6 Å². The van der Waals surface area contributed by atoms with Crippen LogP contribution < -0.4 is 15.4 Å². The number of benzene rings is 1. The predicted molar refractivity (Wildman–Crippen MR) is 97.5 cm³/mol. The Morgan fingerprint density at radius 1 is 1.21 bits per heavy atom. The van der Waals surface area contributed by atoms with E-state index in [1.54, 1.807) is 10.9 Å². The summed E-state index contributed by atoms with van der Waals surface area (Å²) in [6, 6.07) is 9.67. The maximum absolute atomic E-state index is 12.3. The van der Waals surface area contributed by atoms with Gasteiger partial charge in [-0.2, -0.15) is 5.10 Å². The first-order chi connectivity index (χ1) is 11.3. The van der Waals surface area contributed by atoms with Gasteiger partial charge in [-0.05, 0) is 25.1 Å². The SMILES string of the molecule is CCCOc1cn(-c2ccccc2)nc1C(=O)NCCNCC.Cl. The number of ether oxygens (including phenoxy) is 1. The average Bonchev–Trinajstić information content (AvgIpc) is 3.02. The Balaban J connectivity index is 0.00000288. The molecule has 0 saturated carbocycles. The van der Waals surface area contributed by atoms with Gasteiger partial charge in [-0.1, -0.05) is 32.0 Å². The fourth-order valence-electron chi connectivity index (χ4n) is 2.07. The monoisotopic (exact) mass is 352 g/mol. The number of para-hydroxylation sites is 1. The summed E-state index contributed by atoms with van der Waals surface area (Å²) in [6.45, 7) is 6.77. The van der Waals surface area contributed by atoms with Crippen LogP contribution in [0.3, 0.4) is 0 Å². The molecule has 0 saturated heterocycles. The molecule has 0 radical (unpaired) electrons. The van der Waals surface area contributed by atoms with Gasteiger partial charge in [0.15, 0.2) is 11.4 Å². The van der Waals surface area contributed by atoms with E-state index < -0.39 is 0 Å². The summed E-state index contributed by atoms with van der Waals surface area (Å²) >= 11 is 0. The maximum Gasteiger partial charge on any atom is 0.275 e. The van der Waals surface area contributed by atoms with E-state index in [0.717, 1.165) is 25.2 Å². The third-order valence-corrected chi connectivity index (χ3v) is 3.22. The number of likely N-dealkylation sites (N-methyl/N-ethyl adjacent to an activating group) is 1. The van der Waals surface area contributed by atoms with Gasteiger partial charge in [0.1, 0.15) is 0 Å². The van der Waals surface area contributed by atoms with Crippen LogP contribution in [0.4, 0.5) is 0 Å². The van der Waals surface area contributed by atoms with Crippen LogP contribution in [0.2, 0.25) is 0 Å². The molecule has 2 aromatic rings. The molecule has 6 nitrogen and oxygen atoms in total. The lowest BCUT2D eigenvalue weighted by Gasteiger charge is -2.06. The minimum atomic E-state index is -0.219. The topological polar surface area (TPSA) is 68.2 Å². The van der Waals surface area contributed by atoms with Crippen molar-refractivity contribution in [2.75, 3.05) is 26.2 Å². The fourth-order valence-corrected chi connectivity index (χ4v) is 2.07. The van der Waals surface area contributed by atoms with Gasteiger partial charge in [-0.25, -0.2) is 4.68 Å². The van der Waals surface area contributed by atoms with Crippen molar-refractivity contribution in [2.24, 2.45) is 0 Å². The molecule has 0 aliphatic rings. The van der Waals surface area contributed by atoms with E-state index in [1.807, 2.05) is 44.2 Å². The second-order valence-corrected chi connectivity index (χ2v) is 5.08. The lowest BCUT2D eigenvalue weighted by atomic mass is 10.3. The zero-order valence-electron chi connectivity index (χ0n) is 14.1. The number of nitrogens with one attached hydrogen (secondary N) is 2. The molecule has 0 aliphatic carbocycles. The summed E-state index contributed by atoms with van der Waals surface area (Å²) in [5.41, 5.74) is 1.21. The highest BCUT2D eigenvalue weighted by atomic mass is 35.5. The second kappa shape index (κ2) is 10.7. The third-order valence-electron chi connectivity index (χ3n) is 3.22. The molecule has 1 heterocycles. The quantitative estimate of drug-likeness (QED) is 0.680. The van der Waals surface area contributed by atoms with Gasteiger partial charge in [-0.3, -0.25) is 4.79 Å². The Bertz CT molecular complexity index is 616. The third kappa shape index (κ3) is 5.54. The van der Waals surface area contributed by atoms with Crippen LogP contribution in [-0.2, 0) is 0 Å². The molecule has 2 N–H and O–H groups in total. The molecule has 132 valence electrons. The van der Waals surface area contributed by atoms with Crippen LogP contribution in [0, 0.1) is 0 Å². The van der Waals surface area contributed by atoms with Crippen LogP contribution in [0.15, 0.2) is 36.5 Å². The largest absolute Gasteiger partial charge is 0.489 e. The van der Waals surface area contributed by atoms with Gasteiger partial charge < -0.3 is 15.4 Å². The zero-order chi connectivity index (χ0) is 16.5. The molecule has 0 spiro atoms. The molecule has 24 heavy (non-hydrogen) atoms. The van der Waals surface area contributed by atoms with Gasteiger partial charge in [0.25, 0.3) is 5.91 Å². The first-order valence-electron chi connectivity index (χ1n) is 8.03. The molecule has 0 bridgehead atoms. The molecule has 1 aromatic carbocycles. The van der Waals surface area contributed by atoms with Crippen molar-refractivity contribution in [3.63, 3.8) is 0 Å². The zero-order valence-corrected chi connectivity index (χ0v) is 14.9. The number of amides is 1. The molecule has 0 atom stereocenters. The molecule has 1 amide bonds. The smallest absolute Gasteiger partial charge is 0.275 e. The summed E-state index contributed by atoms with van der Waals surface area (Å²) in [5.74, 6) is 0.292. The molecule has 0 aliphatic heterocycles. The lowest BCUT2D eigenvalue weighted by molar-refractivity contribution is 0.0944. The number of rotatable bonds is 9. The van der Waals surface area contributed by atoms with E-state index in [4.69, 9.17) is 4.74 Å². The van der Waals surface area contributed by atoms with Crippen molar-refractivity contribution in [3.8, 4) is 11.4 Å². The summed E-state index contributed by atoms with van der Waals surface area (Å²) in [6.07, 6.45) is 2.63. The summed E-state index contributed by atoms with van der Waals surface area (Å²) < 4.78 is 7.35. The second-order valence-electron chi connectivity index (χ2n) is 5.08. The molecule has 0 unspecified atom stereocenters. The Kier molecular flexibility index (Phi) is 8.89. The summed E-state index contributed by atoms with van der Waals surface area (Å²) in [4.78, 5) is 12.3. The van der Waals surface area contributed by atoms with E-state index in [2.05, 4.69) is 15.7 Å². The molecule has 2 rings (SSSR count). The minimum Gasteiger partial charge on any atom is -0.489 e. The lowest BCUT2D eigenvalue weighted by Crippen LogP contribution is -2.32. The van der Waals surface area contributed by atoms with Crippen molar-refractivity contribution < 1.29 is 9.53 Å². The highest BCUT2D eigenvalue weighted by Gasteiger charge is 2.18. The molecule has 1 aromatic heterocycles. The molecule has 7 heteroatoms. The van der Waals surface area contributed by atoms with Crippen LogP contribution in [0.1, 0.15) is 30.8 Å². The van der Waals surface area contributed by atoms with Gasteiger partial charge in [-0.15, -0.1) is 12.4 Å². The molecule has 0 fully saturated rings. The highest BCUT2D eigenvalue weighted by molar-refractivity contribution is 5.94. The Labute approximate surface area is 149 Å². The van der Waals surface area contributed by atoms with Gasteiger partial charge in [0, 0.05) is 13.1 Å². The van der Waals surface area contributed by atoms with Crippen molar-refractivity contribution in [3.05, 3.63) is 42.2 Å². The first kappa shape index (κ1) is 20.0. The Hall–Kier alpha value is -2.05. The van der Waals surface area contributed by atoms with Crippen LogP contribution in [0.25, 0.3) is 5.69 Å².